The van der Waals surface area contributed by atoms with Crippen molar-refractivity contribution in [3.63, 3.8) is 0 Å². The lowest BCUT2D eigenvalue weighted by molar-refractivity contribution is -0.122. The number of hydrogen-bond acceptors (Lipinski definition) is 5. The lowest BCUT2D eigenvalue weighted by Gasteiger charge is -2.19. The molecule has 0 aromatic heterocycles. The molecular formula is C24H25N3O5. The highest BCUT2D eigenvalue weighted by atomic mass is 16.5. The SMILES string of the molecule is CCOc1ccc(CN2C(=O)c3ccccc3C2=O)cc1C(=O)NC1CCCCNC1=O. The van der Waals surface area contributed by atoms with Gasteiger partial charge in [0.2, 0.25) is 5.91 Å². The van der Waals surface area contributed by atoms with Crippen LogP contribution in [-0.2, 0) is 11.3 Å². The topological polar surface area (TPSA) is 105 Å². The molecule has 8 heteroatoms. The van der Waals surface area contributed by atoms with E-state index < -0.39 is 11.9 Å². The Morgan fingerprint density at radius 2 is 1.81 bits per heavy atom. The van der Waals surface area contributed by atoms with Crippen LogP contribution in [0.25, 0.3) is 0 Å². The standard InChI is InChI=1S/C24H25N3O5/c1-2-32-20-11-10-15(14-27-23(30)16-7-3-4-8-17(16)24(27)31)13-18(20)21(28)26-19-9-5-6-12-25-22(19)29/h3-4,7-8,10-11,13,19H,2,5-6,9,12,14H2,1H3,(H,25,29)(H,26,28). The smallest absolute Gasteiger partial charge is 0.261 e. The van der Waals surface area contributed by atoms with E-state index in [1.165, 1.54) is 4.90 Å². The van der Waals surface area contributed by atoms with E-state index in [1.807, 2.05) is 6.92 Å². The molecule has 0 spiro atoms. The Balaban J connectivity index is 1.57. The Bertz CT molecular complexity index is 1050. The number of imide groups is 1. The van der Waals surface area contributed by atoms with E-state index in [0.717, 1.165) is 12.8 Å². The van der Waals surface area contributed by atoms with Gasteiger partial charge in [-0.15, -0.1) is 0 Å². The van der Waals surface area contributed by atoms with Crippen LogP contribution in [0, 0.1) is 0 Å². The van der Waals surface area contributed by atoms with Gasteiger partial charge in [0.15, 0.2) is 0 Å². The normalized spacial score (nSPS) is 18.1. The highest BCUT2D eigenvalue weighted by Crippen LogP contribution is 2.26. The Kier molecular flexibility index (Phi) is 6.20. The summed E-state index contributed by atoms with van der Waals surface area (Å²) in [4.78, 5) is 51.8. The maximum atomic E-state index is 13.0. The van der Waals surface area contributed by atoms with Crippen LogP contribution in [0.1, 0.15) is 62.8 Å². The molecule has 4 rings (SSSR count). The summed E-state index contributed by atoms with van der Waals surface area (Å²) >= 11 is 0. The van der Waals surface area contributed by atoms with Gasteiger partial charge in [0.05, 0.1) is 29.8 Å². The van der Waals surface area contributed by atoms with Gasteiger partial charge in [0.25, 0.3) is 17.7 Å². The molecule has 2 heterocycles. The lowest BCUT2D eigenvalue weighted by atomic mass is 10.1. The van der Waals surface area contributed by atoms with Gasteiger partial charge in [-0.2, -0.15) is 0 Å². The minimum atomic E-state index is -0.612. The summed E-state index contributed by atoms with van der Waals surface area (Å²) in [7, 11) is 0. The average molecular weight is 435 g/mol. The lowest BCUT2D eigenvalue weighted by Crippen LogP contribution is -2.45. The van der Waals surface area contributed by atoms with Crippen LogP contribution in [0.15, 0.2) is 42.5 Å². The van der Waals surface area contributed by atoms with Gasteiger partial charge in [0.1, 0.15) is 11.8 Å². The summed E-state index contributed by atoms with van der Waals surface area (Å²) in [5.74, 6) is -0.970. The molecule has 8 nitrogen and oxygen atoms in total. The van der Waals surface area contributed by atoms with Crippen LogP contribution in [0.5, 0.6) is 5.75 Å². The van der Waals surface area contributed by atoms with Gasteiger partial charge in [-0.3, -0.25) is 24.1 Å². The molecule has 0 bridgehead atoms. The molecule has 1 fully saturated rings. The molecule has 1 saturated heterocycles. The second-order valence-corrected chi connectivity index (χ2v) is 7.82. The zero-order valence-corrected chi connectivity index (χ0v) is 17.8. The predicted molar refractivity (Wildman–Crippen MR) is 116 cm³/mol. The third-order valence-corrected chi connectivity index (χ3v) is 5.65. The molecule has 2 N–H and O–H groups in total. The summed E-state index contributed by atoms with van der Waals surface area (Å²) < 4.78 is 5.61. The number of benzene rings is 2. The predicted octanol–water partition coefficient (Wildman–Crippen LogP) is 2.28. The van der Waals surface area contributed by atoms with Gasteiger partial charge in [0, 0.05) is 6.54 Å². The largest absolute Gasteiger partial charge is 0.493 e. The van der Waals surface area contributed by atoms with Gasteiger partial charge < -0.3 is 15.4 Å². The molecule has 2 aromatic rings. The van der Waals surface area contributed by atoms with E-state index >= 15 is 0 Å². The van der Waals surface area contributed by atoms with Crippen molar-refractivity contribution < 1.29 is 23.9 Å². The first-order chi connectivity index (χ1) is 15.5. The van der Waals surface area contributed by atoms with E-state index in [4.69, 9.17) is 4.74 Å². The maximum Gasteiger partial charge on any atom is 0.261 e. The Labute approximate surface area is 185 Å². The molecule has 0 saturated carbocycles. The molecule has 2 aromatic carbocycles. The number of rotatable bonds is 6. The molecule has 32 heavy (non-hydrogen) atoms. The van der Waals surface area contributed by atoms with Crippen molar-refractivity contribution in [3.05, 3.63) is 64.7 Å². The monoisotopic (exact) mass is 435 g/mol. The highest BCUT2D eigenvalue weighted by Gasteiger charge is 2.35. The summed E-state index contributed by atoms with van der Waals surface area (Å²) in [6.45, 7) is 2.81. The quantitative estimate of drug-likeness (QED) is 0.678. The first-order valence-corrected chi connectivity index (χ1v) is 10.8. The number of ether oxygens (including phenoxy) is 1. The number of carbonyl (C=O) groups is 4. The first-order valence-electron chi connectivity index (χ1n) is 10.8. The molecular weight excluding hydrogens is 410 g/mol. The number of hydrogen-bond donors (Lipinski definition) is 2. The molecule has 166 valence electrons. The second kappa shape index (κ2) is 9.21. The fourth-order valence-electron chi connectivity index (χ4n) is 4.01. The highest BCUT2D eigenvalue weighted by molar-refractivity contribution is 6.21. The third kappa shape index (κ3) is 4.21. The molecule has 2 aliphatic heterocycles. The van der Waals surface area contributed by atoms with Crippen LogP contribution in [0.2, 0.25) is 0 Å². The van der Waals surface area contributed by atoms with Crippen LogP contribution in [0.3, 0.4) is 0 Å². The van der Waals surface area contributed by atoms with E-state index in [2.05, 4.69) is 10.6 Å². The summed E-state index contributed by atoms with van der Waals surface area (Å²) in [6, 6.07) is 11.1. The molecule has 1 unspecified atom stereocenters. The van der Waals surface area contributed by atoms with Crippen molar-refractivity contribution in [3.8, 4) is 5.75 Å². The van der Waals surface area contributed by atoms with Gasteiger partial charge in [-0.25, -0.2) is 0 Å². The number of nitrogens with zero attached hydrogens (tertiary/aromatic N) is 1. The minimum absolute atomic E-state index is 0.0307. The Morgan fingerprint density at radius 3 is 2.50 bits per heavy atom. The summed E-state index contributed by atoms with van der Waals surface area (Å²) in [6.07, 6.45) is 2.27. The first kappa shape index (κ1) is 21.5. The summed E-state index contributed by atoms with van der Waals surface area (Å²) in [5, 5.41) is 5.60. The van der Waals surface area contributed by atoms with Gasteiger partial charge in [-0.05, 0) is 56.0 Å². The molecule has 4 amide bonds. The Hall–Kier alpha value is -3.68. The maximum absolute atomic E-state index is 13.0. The fourth-order valence-corrected chi connectivity index (χ4v) is 4.01. The van der Waals surface area contributed by atoms with Gasteiger partial charge >= 0.3 is 0 Å². The van der Waals surface area contributed by atoms with E-state index in [-0.39, 0.29) is 29.8 Å². The van der Waals surface area contributed by atoms with Crippen LogP contribution in [0.4, 0.5) is 0 Å². The van der Waals surface area contributed by atoms with Crippen molar-refractivity contribution in [1.82, 2.24) is 15.5 Å². The molecule has 2 aliphatic rings. The fraction of sp³-hybridized carbons (Fsp3) is 0.333. The van der Waals surface area contributed by atoms with E-state index in [1.54, 1.807) is 42.5 Å². The summed E-state index contributed by atoms with van der Waals surface area (Å²) in [5.41, 5.74) is 1.62. The van der Waals surface area contributed by atoms with Crippen molar-refractivity contribution in [2.75, 3.05) is 13.2 Å². The van der Waals surface area contributed by atoms with E-state index in [9.17, 15) is 19.2 Å². The zero-order valence-electron chi connectivity index (χ0n) is 17.8. The Morgan fingerprint density at radius 1 is 1.09 bits per heavy atom. The van der Waals surface area contributed by atoms with Gasteiger partial charge in [-0.1, -0.05) is 18.2 Å². The van der Waals surface area contributed by atoms with Crippen molar-refractivity contribution >= 4 is 23.6 Å². The van der Waals surface area contributed by atoms with E-state index in [0.29, 0.717) is 42.0 Å². The third-order valence-electron chi connectivity index (χ3n) is 5.65. The number of nitrogens with one attached hydrogen (secondary N) is 2. The molecule has 0 radical (unpaired) electrons. The zero-order chi connectivity index (χ0) is 22.7. The number of amides is 4. The molecule has 0 aliphatic carbocycles. The van der Waals surface area contributed by atoms with Crippen LogP contribution >= 0.6 is 0 Å². The van der Waals surface area contributed by atoms with Crippen LogP contribution in [-0.4, -0.2) is 47.7 Å². The van der Waals surface area contributed by atoms with Crippen LogP contribution < -0.4 is 15.4 Å². The van der Waals surface area contributed by atoms with Crippen molar-refractivity contribution in [2.24, 2.45) is 0 Å². The average Bonchev–Trinajstić information content (AvgIpc) is 2.92. The number of carbonyl (C=O) groups excluding carboxylic acids is 4. The number of fused-ring (bicyclic) bond motifs is 1. The molecule has 1 atom stereocenters. The van der Waals surface area contributed by atoms with Crippen molar-refractivity contribution in [1.29, 1.82) is 0 Å². The second-order valence-electron chi connectivity index (χ2n) is 7.82. The minimum Gasteiger partial charge on any atom is -0.493 e. The van der Waals surface area contributed by atoms with Crippen molar-refractivity contribution in [2.45, 2.75) is 38.8 Å².